The summed E-state index contributed by atoms with van der Waals surface area (Å²) in [6.07, 6.45) is 2.21. The molecule has 2 heterocycles. The molecule has 168 valence electrons. The lowest BCUT2D eigenvalue weighted by Gasteiger charge is -2.45. The van der Waals surface area contributed by atoms with E-state index < -0.39 is 32.6 Å². The first-order chi connectivity index (χ1) is 13.8. The van der Waals surface area contributed by atoms with Gasteiger partial charge in [0, 0.05) is 25.6 Å². The molecule has 1 atom stereocenters. The van der Waals surface area contributed by atoms with Gasteiger partial charge in [-0.2, -0.15) is 0 Å². The first-order valence-electron chi connectivity index (χ1n) is 10.3. The fourth-order valence-corrected chi connectivity index (χ4v) is 6.16. The van der Waals surface area contributed by atoms with Crippen LogP contribution in [0.2, 0.25) is 0 Å². The zero-order valence-corrected chi connectivity index (χ0v) is 18.4. The lowest BCUT2D eigenvalue weighted by Crippen LogP contribution is -2.55. The van der Waals surface area contributed by atoms with Crippen LogP contribution in [0, 0.1) is 5.41 Å². The SMILES string of the molecule is CC1(CNC(=O)CCN2C(=O)NC(C)(C)C2=O)CC(NC(=O)C2CCCS2(=O)=O)C1. The molecule has 3 rings (SSSR count). The Balaban J connectivity index is 1.38. The normalized spacial score (nSPS) is 31.8. The smallest absolute Gasteiger partial charge is 0.325 e. The minimum absolute atomic E-state index is 0.0189. The highest BCUT2D eigenvalue weighted by Crippen LogP contribution is 2.40. The maximum Gasteiger partial charge on any atom is 0.325 e. The van der Waals surface area contributed by atoms with Crippen molar-refractivity contribution in [3.8, 4) is 0 Å². The predicted octanol–water partition coefficient (Wildman–Crippen LogP) is -0.315. The van der Waals surface area contributed by atoms with Crippen LogP contribution in [-0.2, 0) is 24.2 Å². The summed E-state index contributed by atoms with van der Waals surface area (Å²) in [7, 11) is -3.32. The van der Waals surface area contributed by atoms with Gasteiger partial charge in [0.2, 0.25) is 11.8 Å². The molecule has 10 nitrogen and oxygen atoms in total. The molecule has 0 aromatic rings. The Hall–Kier alpha value is -2.17. The van der Waals surface area contributed by atoms with Gasteiger partial charge in [-0.1, -0.05) is 6.92 Å². The van der Waals surface area contributed by atoms with Gasteiger partial charge < -0.3 is 16.0 Å². The van der Waals surface area contributed by atoms with Crippen molar-refractivity contribution in [1.82, 2.24) is 20.9 Å². The van der Waals surface area contributed by atoms with E-state index in [0.29, 0.717) is 32.2 Å². The number of carbonyl (C=O) groups is 4. The summed E-state index contributed by atoms with van der Waals surface area (Å²) >= 11 is 0. The van der Waals surface area contributed by atoms with E-state index in [1.807, 2.05) is 6.92 Å². The summed E-state index contributed by atoms with van der Waals surface area (Å²) in [6, 6.07) is -0.588. The number of imide groups is 1. The van der Waals surface area contributed by atoms with Gasteiger partial charge in [-0.3, -0.25) is 19.3 Å². The van der Waals surface area contributed by atoms with Gasteiger partial charge in [-0.05, 0) is 44.9 Å². The fraction of sp³-hybridized carbons (Fsp3) is 0.789. The number of hydrogen-bond acceptors (Lipinski definition) is 6. The topological polar surface area (TPSA) is 142 Å². The number of rotatable bonds is 7. The Morgan fingerprint density at radius 3 is 2.40 bits per heavy atom. The van der Waals surface area contributed by atoms with E-state index in [-0.39, 0.29) is 42.0 Å². The quantitative estimate of drug-likeness (QED) is 0.462. The Bertz CT molecular complexity index is 862. The van der Waals surface area contributed by atoms with Crippen LogP contribution in [-0.4, -0.2) is 72.7 Å². The minimum atomic E-state index is -3.32. The number of nitrogens with one attached hydrogen (secondary N) is 3. The molecule has 0 aromatic heterocycles. The summed E-state index contributed by atoms with van der Waals surface area (Å²) < 4.78 is 23.7. The molecule has 30 heavy (non-hydrogen) atoms. The van der Waals surface area contributed by atoms with Crippen molar-refractivity contribution in [2.24, 2.45) is 5.41 Å². The molecular formula is C19H30N4O6S. The van der Waals surface area contributed by atoms with Crippen molar-refractivity contribution in [2.75, 3.05) is 18.8 Å². The van der Waals surface area contributed by atoms with Crippen molar-refractivity contribution >= 4 is 33.6 Å². The Labute approximate surface area is 176 Å². The zero-order chi connectivity index (χ0) is 22.3. The third-order valence-corrected chi connectivity index (χ3v) is 8.34. The lowest BCUT2D eigenvalue weighted by molar-refractivity contribution is -0.131. The highest BCUT2D eigenvalue weighted by atomic mass is 32.2. The zero-order valence-electron chi connectivity index (χ0n) is 17.6. The summed E-state index contributed by atoms with van der Waals surface area (Å²) in [6.45, 7) is 5.64. The van der Waals surface area contributed by atoms with Crippen LogP contribution in [0.25, 0.3) is 0 Å². The first-order valence-corrected chi connectivity index (χ1v) is 12.0. The number of carbonyl (C=O) groups excluding carboxylic acids is 4. The fourth-order valence-electron chi connectivity index (χ4n) is 4.39. The second kappa shape index (κ2) is 7.82. The molecule has 3 aliphatic rings. The summed E-state index contributed by atoms with van der Waals surface area (Å²) in [4.78, 5) is 49.4. The van der Waals surface area contributed by atoms with Gasteiger partial charge in [-0.15, -0.1) is 0 Å². The van der Waals surface area contributed by atoms with Crippen molar-refractivity contribution in [3.63, 3.8) is 0 Å². The molecule has 1 aliphatic carbocycles. The van der Waals surface area contributed by atoms with Crippen LogP contribution in [0.3, 0.4) is 0 Å². The molecule has 0 radical (unpaired) electrons. The number of sulfone groups is 1. The van der Waals surface area contributed by atoms with E-state index in [2.05, 4.69) is 16.0 Å². The van der Waals surface area contributed by atoms with Gasteiger partial charge >= 0.3 is 6.03 Å². The first kappa shape index (κ1) is 22.5. The molecule has 0 bridgehead atoms. The Morgan fingerprint density at radius 1 is 1.20 bits per heavy atom. The average Bonchev–Trinajstić information content (AvgIpc) is 3.05. The number of nitrogens with zero attached hydrogens (tertiary/aromatic N) is 1. The molecule has 5 amide bonds. The van der Waals surface area contributed by atoms with E-state index in [0.717, 1.165) is 4.90 Å². The highest BCUT2D eigenvalue weighted by molar-refractivity contribution is 7.93. The van der Waals surface area contributed by atoms with Gasteiger partial charge in [0.25, 0.3) is 5.91 Å². The molecule has 1 saturated carbocycles. The molecular weight excluding hydrogens is 412 g/mol. The predicted molar refractivity (Wildman–Crippen MR) is 108 cm³/mol. The van der Waals surface area contributed by atoms with Gasteiger partial charge in [0.05, 0.1) is 5.75 Å². The van der Waals surface area contributed by atoms with Crippen LogP contribution >= 0.6 is 0 Å². The van der Waals surface area contributed by atoms with Gasteiger partial charge in [-0.25, -0.2) is 13.2 Å². The van der Waals surface area contributed by atoms with E-state index in [4.69, 9.17) is 0 Å². The van der Waals surface area contributed by atoms with Crippen molar-refractivity contribution in [1.29, 1.82) is 0 Å². The molecule has 0 spiro atoms. The van der Waals surface area contributed by atoms with Crippen LogP contribution in [0.15, 0.2) is 0 Å². The monoisotopic (exact) mass is 442 g/mol. The van der Waals surface area contributed by atoms with Crippen LogP contribution in [0.4, 0.5) is 4.79 Å². The number of amides is 5. The number of urea groups is 1. The summed E-state index contributed by atoms with van der Waals surface area (Å²) in [5.74, 6) is -0.956. The lowest BCUT2D eigenvalue weighted by atomic mass is 9.66. The van der Waals surface area contributed by atoms with E-state index in [1.54, 1.807) is 13.8 Å². The molecule has 0 aromatic carbocycles. The van der Waals surface area contributed by atoms with Crippen LogP contribution < -0.4 is 16.0 Å². The van der Waals surface area contributed by atoms with Gasteiger partial charge in [0.1, 0.15) is 10.8 Å². The highest BCUT2D eigenvalue weighted by Gasteiger charge is 2.45. The third-order valence-electron chi connectivity index (χ3n) is 6.17. The molecule has 3 fully saturated rings. The summed E-state index contributed by atoms with van der Waals surface area (Å²) in [5.41, 5.74) is -1.14. The molecule has 3 N–H and O–H groups in total. The van der Waals surface area contributed by atoms with E-state index >= 15 is 0 Å². The Kier molecular flexibility index (Phi) is 5.87. The van der Waals surface area contributed by atoms with Gasteiger partial charge in [0.15, 0.2) is 9.84 Å². The molecule has 2 saturated heterocycles. The Morgan fingerprint density at radius 2 is 1.87 bits per heavy atom. The van der Waals surface area contributed by atoms with E-state index in [9.17, 15) is 27.6 Å². The molecule has 11 heteroatoms. The standard InChI is InChI=1S/C19H30N4O6S/c1-18(2)16(26)23(17(27)22-18)7-6-14(24)20-11-19(3)9-12(10-19)21-15(25)13-5-4-8-30(13,28)29/h12-13H,4-11H2,1-3H3,(H,20,24)(H,21,25)(H,22,27). The molecule has 2 aliphatic heterocycles. The minimum Gasteiger partial charge on any atom is -0.355 e. The third kappa shape index (κ3) is 4.60. The maximum atomic E-state index is 12.2. The summed E-state index contributed by atoms with van der Waals surface area (Å²) in [5, 5.41) is 7.28. The van der Waals surface area contributed by atoms with Crippen molar-refractivity contribution < 1.29 is 27.6 Å². The molecule has 1 unspecified atom stereocenters. The number of hydrogen-bond donors (Lipinski definition) is 3. The van der Waals surface area contributed by atoms with Crippen LogP contribution in [0.5, 0.6) is 0 Å². The largest absolute Gasteiger partial charge is 0.355 e. The maximum absolute atomic E-state index is 12.2. The second-order valence-electron chi connectivity index (χ2n) is 9.46. The van der Waals surface area contributed by atoms with Crippen molar-refractivity contribution in [2.45, 2.75) is 69.7 Å². The second-order valence-corrected chi connectivity index (χ2v) is 11.8. The van der Waals surface area contributed by atoms with Crippen LogP contribution in [0.1, 0.15) is 52.9 Å². The van der Waals surface area contributed by atoms with E-state index in [1.165, 1.54) is 0 Å². The van der Waals surface area contributed by atoms with Crippen molar-refractivity contribution in [3.05, 3.63) is 0 Å². The average molecular weight is 443 g/mol.